The molecule has 16 heavy (non-hydrogen) atoms. The summed E-state index contributed by atoms with van der Waals surface area (Å²) in [7, 11) is 1.88. The molecule has 0 aliphatic carbocycles. The maximum absolute atomic E-state index is 12.6. The molecule has 3 nitrogen and oxygen atoms in total. The fraction of sp³-hybridized carbons (Fsp3) is 0.500. The van der Waals surface area contributed by atoms with Gasteiger partial charge in [-0.1, -0.05) is 12.1 Å². The molecule has 0 aliphatic rings. The van der Waals surface area contributed by atoms with Gasteiger partial charge in [-0.2, -0.15) is 0 Å². The Labute approximate surface area is 95.1 Å². The Morgan fingerprint density at radius 3 is 2.50 bits per heavy atom. The van der Waals surface area contributed by atoms with Crippen LogP contribution in [0.5, 0.6) is 0 Å². The van der Waals surface area contributed by atoms with Gasteiger partial charge in [0.2, 0.25) is 0 Å². The van der Waals surface area contributed by atoms with Crippen molar-refractivity contribution in [3.63, 3.8) is 0 Å². The highest BCUT2D eigenvalue weighted by Crippen LogP contribution is 2.04. The molecular weight excluding hydrogens is 209 g/mol. The fourth-order valence-corrected chi connectivity index (χ4v) is 1.48. The molecule has 1 aromatic rings. The van der Waals surface area contributed by atoms with Crippen molar-refractivity contribution in [3.8, 4) is 0 Å². The van der Waals surface area contributed by atoms with E-state index in [2.05, 4.69) is 0 Å². The second kappa shape index (κ2) is 6.58. The van der Waals surface area contributed by atoms with Gasteiger partial charge in [-0.25, -0.2) is 4.39 Å². The average Bonchev–Trinajstić information content (AvgIpc) is 2.28. The normalized spacial score (nSPS) is 13.1. The molecule has 0 fully saturated rings. The summed E-state index contributed by atoms with van der Waals surface area (Å²) in [5.41, 5.74) is 1.06. The van der Waals surface area contributed by atoms with Crippen LogP contribution in [-0.2, 0) is 6.42 Å². The quantitative estimate of drug-likeness (QED) is 0.750. The first kappa shape index (κ1) is 13.1. The Kier molecular flexibility index (Phi) is 5.38. The summed E-state index contributed by atoms with van der Waals surface area (Å²) in [4.78, 5) is 1.93. The molecule has 0 radical (unpaired) electrons. The zero-order valence-electron chi connectivity index (χ0n) is 9.43. The van der Waals surface area contributed by atoms with Crippen LogP contribution in [0.25, 0.3) is 0 Å². The highest BCUT2D eigenvalue weighted by molar-refractivity contribution is 5.16. The van der Waals surface area contributed by atoms with Crippen molar-refractivity contribution >= 4 is 0 Å². The van der Waals surface area contributed by atoms with E-state index >= 15 is 0 Å². The molecule has 1 atom stereocenters. The van der Waals surface area contributed by atoms with Gasteiger partial charge >= 0.3 is 0 Å². The lowest BCUT2D eigenvalue weighted by molar-refractivity contribution is 0.0669. The molecule has 0 amide bonds. The highest BCUT2D eigenvalue weighted by atomic mass is 19.1. The number of likely N-dealkylation sites (N-methyl/N-ethyl adjacent to an activating group) is 1. The van der Waals surface area contributed by atoms with Crippen molar-refractivity contribution in [3.05, 3.63) is 35.6 Å². The number of aliphatic hydroxyl groups is 2. The maximum Gasteiger partial charge on any atom is 0.123 e. The van der Waals surface area contributed by atoms with E-state index in [1.807, 2.05) is 11.9 Å². The van der Waals surface area contributed by atoms with E-state index in [4.69, 9.17) is 5.11 Å². The van der Waals surface area contributed by atoms with E-state index in [9.17, 15) is 9.50 Å². The minimum Gasteiger partial charge on any atom is -0.394 e. The molecule has 4 heteroatoms. The number of rotatable bonds is 6. The van der Waals surface area contributed by atoms with Crippen LogP contribution in [0.3, 0.4) is 0 Å². The first-order chi connectivity index (χ1) is 7.61. The molecule has 0 aromatic heterocycles. The van der Waals surface area contributed by atoms with Gasteiger partial charge in [0.25, 0.3) is 0 Å². The largest absolute Gasteiger partial charge is 0.394 e. The number of aliphatic hydroxyl groups excluding tert-OH is 2. The zero-order chi connectivity index (χ0) is 12.0. The van der Waals surface area contributed by atoms with Gasteiger partial charge in [-0.05, 0) is 31.2 Å². The second-order valence-electron chi connectivity index (χ2n) is 3.98. The lowest BCUT2D eigenvalue weighted by Gasteiger charge is -2.19. The fourth-order valence-electron chi connectivity index (χ4n) is 1.48. The summed E-state index contributed by atoms with van der Waals surface area (Å²) < 4.78 is 12.6. The Morgan fingerprint density at radius 1 is 1.31 bits per heavy atom. The number of halogens is 1. The summed E-state index contributed by atoms with van der Waals surface area (Å²) in [6.45, 7) is 0.987. The van der Waals surface area contributed by atoms with Crippen molar-refractivity contribution < 1.29 is 14.6 Å². The van der Waals surface area contributed by atoms with E-state index < -0.39 is 6.10 Å². The third-order valence-corrected chi connectivity index (χ3v) is 2.43. The van der Waals surface area contributed by atoms with Crippen molar-refractivity contribution in [2.24, 2.45) is 0 Å². The molecule has 1 unspecified atom stereocenters. The molecule has 2 N–H and O–H groups in total. The van der Waals surface area contributed by atoms with E-state index in [1.165, 1.54) is 12.1 Å². The summed E-state index contributed by atoms with van der Waals surface area (Å²) >= 11 is 0. The van der Waals surface area contributed by atoms with E-state index in [1.54, 1.807) is 12.1 Å². The second-order valence-corrected chi connectivity index (χ2v) is 3.98. The topological polar surface area (TPSA) is 43.7 Å². The molecular formula is C12H18FNO2. The molecule has 0 bridgehead atoms. The van der Waals surface area contributed by atoms with Crippen LogP contribution in [0.1, 0.15) is 5.56 Å². The first-order valence-electron chi connectivity index (χ1n) is 5.33. The van der Waals surface area contributed by atoms with E-state index in [0.717, 1.165) is 18.5 Å². The van der Waals surface area contributed by atoms with Crippen LogP contribution in [0.4, 0.5) is 4.39 Å². The van der Waals surface area contributed by atoms with Crippen LogP contribution in [-0.4, -0.2) is 48.0 Å². The molecule has 0 saturated carbocycles. The minimum atomic E-state index is -0.696. The standard InChI is InChI=1S/C12H18FNO2/c1-14(8-12(16)9-15)7-6-10-2-4-11(13)5-3-10/h2-5,12,15-16H,6-9H2,1H3. The van der Waals surface area contributed by atoms with E-state index in [0.29, 0.717) is 6.54 Å². The minimum absolute atomic E-state index is 0.221. The first-order valence-corrected chi connectivity index (χ1v) is 5.33. The van der Waals surface area contributed by atoms with Gasteiger partial charge in [0.15, 0.2) is 0 Å². The molecule has 0 saturated heterocycles. The van der Waals surface area contributed by atoms with Gasteiger partial charge in [-0.15, -0.1) is 0 Å². The van der Waals surface area contributed by atoms with E-state index in [-0.39, 0.29) is 12.4 Å². The van der Waals surface area contributed by atoms with Crippen LogP contribution < -0.4 is 0 Å². The average molecular weight is 227 g/mol. The predicted octanol–water partition coefficient (Wildman–Crippen LogP) is 0.653. The van der Waals surface area contributed by atoms with Gasteiger partial charge < -0.3 is 15.1 Å². The summed E-state index contributed by atoms with van der Waals surface area (Å²) in [6.07, 6.45) is 0.104. The third kappa shape index (κ3) is 4.70. The van der Waals surface area contributed by atoms with Gasteiger partial charge in [0, 0.05) is 13.1 Å². The number of benzene rings is 1. The van der Waals surface area contributed by atoms with Crippen molar-refractivity contribution in [2.45, 2.75) is 12.5 Å². The smallest absolute Gasteiger partial charge is 0.123 e. The summed E-state index contributed by atoms with van der Waals surface area (Å²) in [5, 5.41) is 17.9. The lowest BCUT2D eigenvalue weighted by Crippen LogP contribution is -2.32. The van der Waals surface area contributed by atoms with Crippen molar-refractivity contribution in [2.75, 3.05) is 26.7 Å². The molecule has 1 rings (SSSR count). The monoisotopic (exact) mass is 227 g/mol. The van der Waals surface area contributed by atoms with Crippen LogP contribution in [0.15, 0.2) is 24.3 Å². The molecule has 0 aliphatic heterocycles. The Hall–Kier alpha value is -0.970. The maximum atomic E-state index is 12.6. The lowest BCUT2D eigenvalue weighted by atomic mass is 10.1. The third-order valence-electron chi connectivity index (χ3n) is 2.43. The Morgan fingerprint density at radius 2 is 1.94 bits per heavy atom. The highest BCUT2D eigenvalue weighted by Gasteiger charge is 2.06. The van der Waals surface area contributed by atoms with Crippen LogP contribution in [0, 0.1) is 5.82 Å². The van der Waals surface area contributed by atoms with Crippen LogP contribution >= 0.6 is 0 Å². The Balaban J connectivity index is 2.31. The van der Waals surface area contributed by atoms with Crippen molar-refractivity contribution in [1.82, 2.24) is 4.90 Å². The Bertz CT molecular complexity index is 302. The molecule has 0 heterocycles. The summed E-state index contributed by atoms with van der Waals surface area (Å²) in [5.74, 6) is -0.229. The molecule has 0 spiro atoms. The zero-order valence-corrected chi connectivity index (χ0v) is 9.43. The number of nitrogens with zero attached hydrogens (tertiary/aromatic N) is 1. The van der Waals surface area contributed by atoms with Gasteiger partial charge in [0.1, 0.15) is 5.82 Å². The number of hydrogen-bond acceptors (Lipinski definition) is 3. The number of hydrogen-bond donors (Lipinski definition) is 2. The van der Waals surface area contributed by atoms with Crippen molar-refractivity contribution in [1.29, 1.82) is 0 Å². The van der Waals surface area contributed by atoms with Gasteiger partial charge in [-0.3, -0.25) is 0 Å². The summed E-state index contributed by atoms with van der Waals surface area (Å²) in [6, 6.07) is 6.40. The molecule has 90 valence electrons. The van der Waals surface area contributed by atoms with Gasteiger partial charge in [0.05, 0.1) is 12.7 Å². The SMILES string of the molecule is CN(CCc1ccc(F)cc1)CC(O)CO. The molecule has 1 aromatic carbocycles. The van der Waals surface area contributed by atoms with Crippen LogP contribution in [0.2, 0.25) is 0 Å². The predicted molar refractivity (Wildman–Crippen MR) is 60.7 cm³/mol.